The van der Waals surface area contributed by atoms with Gasteiger partial charge in [-0.3, -0.25) is 9.59 Å². The molecule has 0 atom stereocenters. The molecule has 5 heteroatoms. The SMILES string of the molecule is COC(=O)Cc1cccc2c(=O)c(N)c(-c3ccccc3)oc12. The monoisotopic (exact) mass is 309 g/mol. The number of esters is 1. The van der Waals surface area contributed by atoms with Gasteiger partial charge in [-0.2, -0.15) is 0 Å². The van der Waals surface area contributed by atoms with Crippen molar-refractivity contribution in [3.63, 3.8) is 0 Å². The molecule has 23 heavy (non-hydrogen) atoms. The molecule has 5 nitrogen and oxygen atoms in total. The molecule has 0 saturated carbocycles. The van der Waals surface area contributed by atoms with Crippen molar-refractivity contribution >= 4 is 22.6 Å². The summed E-state index contributed by atoms with van der Waals surface area (Å²) in [6, 6.07) is 14.2. The quantitative estimate of drug-likeness (QED) is 0.752. The zero-order valence-corrected chi connectivity index (χ0v) is 12.5. The van der Waals surface area contributed by atoms with Gasteiger partial charge in [0.1, 0.15) is 11.3 Å². The van der Waals surface area contributed by atoms with Crippen LogP contribution in [-0.4, -0.2) is 13.1 Å². The molecular weight excluding hydrogens is 294 g/mol. The number of ether oxygens (including phenoxy) is 1. The second kappa shape index (κ2) is 5.96. The Kier molecular flexibility index (Phi) is 3.85. The van der Waals surface area contributed by atoms with Gasteiger partial charge in [0.2, 0.25) is 5.43 Å². The molecule has 0 amide bonds. The molecular formula is C18H15NO4. The first-order valence-corrected chi connectivity index (χ1v) is 7.08. The van der Waals surface area contributed by atoms with Gasteiger partial charge in [-0.1, -0.05) is 42.5 Å². The summed E-state index contributed by atoms with van der Waals surface area (Å²) in [6.45, 7) is 0. The Morgan fingerprint density at radius 3 is 2.57 bits per heavy atom. The molecule has 0 spiro atoms. The second-order valence-corrected chi connectivity index (χ2v) is 5.09. The topological polar surface area (TPSA) is 82.5 Å². The van der Waals surface area contributed by atoms with Gasteiger partial charge >= 0.3 is 5.97 Å². The molecule has 0 unspecified atom stereocenters. The van der Waals surface area contributed by atoms with E-state index in [0.717, 1.165) is 0 Å². The van der Waals surface area contributed by atoms with E-state index >= 15 is 0 Å². The van der Waals surface area contributed by atoms with Crippen LogP contribution >= 0.6 is 0 Å². The number of hydrogen-bond donors (Lipinski definition) is 1. The lowest BCUT2D eigenvalue weighted by Crippen LogP contribution is -2.12. The highest BCUT2D eigenvalue weighted by Crippen LogP contribution is 2.29. The number of nitrogens with two attached hydrogens (primary N) is 1. The van der Waals surface area contributed by atoms with Crippen LogP contribution in [0.25, 0.3) is 22.3 Å². The molecule has 2 aromatic carbocycles. The van der Waals surface area contributed by atoms with E-state index in [4.69, 9.17) is 10.2 Å². The van der Waals surface area contributed by atoms with Gasteiger partial charge in [-0.05, 0) is 6.07 Å². The summed E-state index contributed by atoms with van der Waals surface area (Å²) in [4.78, 5) is 24.1. The molecule has 3 rings (SSSR count). The number of rotatable bonds is 3. The highest BCUT2D eigenvalue weighted by atomic mass is 16.5. The lowest BCUT2D eigenvalue weighted by molar-refractivity contribution is -0.139. The number of carbonyl (C=O) groups excluding carboxylic acids is 1. The van der Waals surface area contributed by atoms with E-state index < -0.39 is 5.97 Å². The van der Waals surface area contributed by atoms with Gasteiger partial charge < -0.3 is 14.9 Å². The highest BCUT2D eigenvalue weighted by molar-refractivity contribution is 5.89. The number of nitrogen functional groups attached to an aromatic ring is 1. The minimum absolute atomic E-state index is 0.0227. The zero-order chi connectivity index (χ0) is 16.4. The van der Waals surface area contributed by atoms with E-state index in [-0.39, 0.29) is 17.5 Å². The number of anilines is 1. The van der Waals surface area contributed by atoms with Crippen molar-refractivity contribution in [3.8, 4) is 11.3 Å². The number of benzene rings is 2. The molecule has 0 aliphatic carbocycles. The minimum atomic E-state index is -0.404. The first-order valence-electron chi connectivity index (χ1n) is 7.08. The average Bonchev–Trinajstić information content (AvgIpc) is 2.59. The van der Waals surface area contributed by atoms with E-state index in [9.17, 15) is 9.59 Å². The van der Waals surface area contributed by atoms with Crippen LogP contribution < -0.4 is 11.2 Å². The van der Waals surface area contributed by atoms with E-state index in [2.05, 4.69) is 4.74 Å². The molecule has 0 aliphatic heterocycles. The predicted molar refractivity (Wildman–Crippen MR) is 88.1 cm³/mol. The molecule has 0 aliphatic rings. The second-order valence-electron chi connectivity index (χ2n) is 5.09. The normalized spacial score (nSPS) is 10.7. The largest absolute Gasteiger partial charge is 0.469 e. The van der Waals surface area contributed by atoms with Gasteiger partial charge in [0.05, 0.1) is 18.9 Å². The molecule has 0 saturated heterocycles. The van der Waals surface area contributed by atoms with Crippen molar-refractivity contribution in [1.29, 1.82) is 0 Å². The average molecular weight is 309 g/mol. The van der Waals surface area contributed by atoms with Crippen LogP contribution in [0.5, 0.6) is 0 Å². The summed E-state index contributed by atoms with van der Waals surface area (Å²) < 4.78 is 10.6. The zero-order valence-electron chi connectivity index (χ0n) is 12.5. The van der Waals surface area contributed by atoms with Gasteiger partial charge in [0, 0.05) is 11.1 Å². The first-order chi connectivity index (χ1) is 11.1. The molecule has 0 bridgehead atoms. The van der Waals surface area contributed by atoms with Crippen LogP contribution in [-0.2, 0) is 16.0 Å². The predicted octanol–water partition coefficient (Wildman–Crippen LogP) is 2.76. The van der Waals surface area contributed by atoms with Crippen molar-refractivity contribution in [2.45, 2.75) is 6.42 Å². The Balaban J connectivity index is 2.28. The van der Waals surface area contributed by atoms with Crippen LogP contribution in [0.1, 0.15) is 5.56 Å². The first kappa shape index (κ1) is 14.8. The smallest absolute Gasteiger partial charge is 0.310 e. The summed E-state index contributed by atoms with van der Waals surface area (Å²) in [7, 11) is 1.32. The Hall–Kier alpha value is -3.08. The maximum Gasteiger partial charge on any atom is 0.310 e. The summed E-state index contributed by atoms with van der Waals surface area (Å²) in [5.41, 5.74) is 7.36. The van der Waals surface area contributed by atoms with Gasteiger partial charge in [0.25, 0.3) is 0 Å². The Morgan fingerprint density at radius 1 is 1.13 bits per heavy atom. The lowest BCUT2D eigenvalue weighted by atomic mass is 10.1. The Morgan fingerprint density at radius 2 is 1.87 bits per heavy atom. The van der Waals surface area contributed by atoms with Crippen molar-refractivity contribution in [2.75, 3.05) is 12.8 Å². The van der Waals surface area contributed by atoms with Crippen LogP contribution in [0.15, 0.2) is 57.7 Å². The fourth-order valence-corrected chi connectivity index (χ4v) is 2.46. The van der Waals surface area contributed by atoms with Gasteiger partial charge in [0.15, 0.2) is 5.76 Å². The maximum atomic E-state index is 12.5. The third kappa shape index (κ3) is 2.68. The van der Waals surface area contributed by atoms with E-state index in [1.165, 1.54) is 7.11 Å². The van der Waals surface area contributed by atoms with E-state index in [0.29, 0.717) is 27.9 Å². The molecule has 3 aromatic rings. The molecule has 0 fully saturated rings. The Labute approximate surface area is 132 Å². The van der Waals surface area contributed by atoms with Gasteiger partial charge in [-0.15, -0.1) is 0 Å². The Bertz CT molecular complexity index is 929. The fourth-order valence-electron chi connectivity index (χ4n) is 2.46. The molecule has 0 radical (unpaired) electrons. The van der Waals surface area contributed by atoms with Crippen LogP contribution in [0, 0.1) is 0 Å². The summed E-state index contributed by atoms with van der Waals surface area (Å²) in [6.07, 6.45) is 0.0227. The standard InChI is InChI=1S/C18H15NO4/c1-22-14(20)10-12-8-5-9-13-16(21)15(19)18(23-17(12)13)11-6-3-2-4-7-11/h2-9H,10,19H2,1H3. The number of para-hydroxylation sites is 1. The molecule has 1 heterocycles. The van der Waals surface area contributed by atoms with Crippen LogP contribution in [0.2, 0.25) is 0 Å². The summed E-state index contributed by atoms with van der Waals surface area (Å²) in [5.74, 6) is -0.0985. The third-order valence-corrected chi connectivity index (χ3v) is 3.63. The van der Waals surface area contributed by atoms with Gasteiger partial charge in [-0.25, -0.2) is 0 Å². The fraction of sp³-hybridized carbons (Fsp3) is 0.111. The van der Waals surface area contributed by atoms with Crippen molar-refractivity contribution in [3.05, 3.63) is 64.3 Å². The van der Waals surface area contributed by atoms with Crippen molar-refractivity contribution in [1.82, 2.24) is 0 Å². The molecule has 2 N–H and O–H groups in total. The van der Waals surface area contributed by atoms with Crippen molar-refractivity contribution < 1.29 is 13.9 Å². The summed E-state index contributed by atoms with van der Waals surface area (Å²) in [5, 5.41) is 0.351. The number of carbonyl (C=O) groups is 1. The van der Waals surface area contributed by atoms with Crippen LogP contribution in [0.4, 0.5) is 5.69 Å². The number of methoxy groups -OCH3 is 1. The number of hydrogen-bond acceptors (Lipinski definition) is 5. The van der Waals surface area contributed by atoms with Crippen molar-refractivity contribution in [2.24, 2.45) is 0 Å². The highest BCUT2D eigenvalue weighted by Gasteiger charge is 2.16. The molecule has 116 valence electrons. The third-order valence-electron chi connectivity index (χ3n) is 3.63. The molecule has 1 aromatic heterocycles. The summed E-state index contributed by atoms with van der Waals surface area (Å²) >= 11 is 0. The lowest BCUT2D eigenvalue weighted by Gasteiger charge is -2.09. The maximum absolute atomic E-state index is 12.5. The van der Waals surface area contributed by atoms with E-state index in [1.807, 2.05) is 30.3 Å². The van der Waals surface area contributed by atoms with Crippen LogP contribution in [0.3, 0.4) is 0 Å². The van der Waals surface area contributed by atoms with E-state index in [1.54, 1.807) is 18.2 Å². The number of fused-ring (bicyclic) bond motifs is 1. The minimum Gasteiger partial charge on any atom is -0.469 e.